The second kappa shape index (κ2) is 9.91. The molecule has 0 saturated carbocycles. The van der Waals surface area contributed by atoms with E-state index in [0.29, 0.717) is 6.54 Å². The van der Waals surface area contributed by atoms with Crippen LogP contribution in [0.25, 0.3) is 0 Å². The van der Waals surface area contributed by atoms with Crippen LogP contribution in [0.15, 0.2) is 53.4 Å². The van der Waals surface area contributed by atoms with Gasteiger partial charge in [0.05, 0.1) is 5.56 Å². The fourth-order valence-electron chi connectivity index (χ4n) is 2.08. The van der Waals surface area contributed by atoms with Crippen molar-refractivity contribution in [3.05, 3.63) is 64.7 Å². The van der Waals surface area contributed by atoms with Crippen LogP contribution in [-0.2, 0) is 5.75 Å². The molecule has 2 aromatic carbocycles. The first-order valence-electron chi connectivity index (χ1n) is 7.53. The van der Waals surface area contributed by atoms with Crippen LogP contribution in [-0.4, -0.2) is 24.0 Å². The highest BCUT2D eigenvalue weighted by molar-refractivity contribution is 7.99. The maximum Gasteiger partial charge on any atom is 0.252 e. The highest BCUT2D eigenvalue weighted by Crippen LogP contribution is 2.22. The Morgan fingerprint density at radius 3 is 2.78 bits per heavy atom. The number of rotatable bonds is 8. The lowest BCUT2D eigenvalue weighted by molar-refractivity contribution is 0.0953. The first kappa shape index (κ1) is 18.2. The Morgan fingerprint density at radius 1 is 1.17 bits per heavy atom. The van der Waals surface area contributed by atoms with Crippen LogP contribution in [0.1, 0.15) is 22.8 Å². The SMILES string of the molecule is CCSc1ccccc1C(=O)NCCSCc1cccc(Cl)c1. The zero-order valence-corrected chi connectivity index (χ0v) is 15.4. The van der Waals surface area contributed by atoms with E-state index in [1.807, 2.05) is 42.5 Å². The molecule has 2 nitrogen and oxygen atoms in total. The molecule has 0 fully saturated rings. The number of hydrogen-bond donors (Lipinski definition) is 1. The lowest BCUT2D eigenvalue weighted by atomic mass is 10.2. The van der Waals surface area contributed by atoms with E-state index in [4.69, 9.17) is 11.6 Å². The maximum absolute atomic E-state index is 12.3. The number of nitrogens with one attached hydrogen (secondary N) is 1. The molecule has 0 unspecified atom stereocenters. The molecular weight excluding hydrogens is 346 g/mol. The molecule has 122 valence electrons. The van der Waals surface area contributed by atoms with Gasteiger partial charge in [-0.3, -0.25) is 4.79 Å². The van der Waals surface area contributed by atoms with Crippen molar-refractivity contribution in [3.8, 4) is 0 Å². The van der Waals surface area contributed by atoms with Gasteiger partial charge < -0.3 is 5.32 Å². The summed E-state index contributed by atoms with van der Waals surface area (Å²) in [4.78, 5) is 13.3. The van der Waals surface area contributed by atoms with E-state index < -0.39 is 0 Å². The van der Waals surface area contributed by atoms with Gasteiger partial charge in [0.15, 0.2) is 0 Å². The van der Waals surface area contributed by atoms with Crippen molar-refractivity contribution in [2.24, 2.45) is 0 Å². The molecule has 0 bridgehead atoms. The van der Waals surface area contributed by atoms with E-state index in [0.717, 1.165) is 32.7 Å². The van der Waals surface area contributed by atoms with E-state index in [9.17, 15) is 4.79 Å². The zero-order chi connectivity index (χ0) is 16.5. The normalized spacial score (nSPS) is 10.5. The number of benzene rings is 2. The van der Waals surface area contributed by atoms with Crippen LogP contribution in [0.4, 0.5) is 0 Å². The Morgan fingerprint density at radius 2 is 2.00 bits per heavy atom. The van der Waals surface area contributed by atoms with Gasteiger partial charge in [-0.15, -0.1) is 11.8 Å². The summed E-state index contributed by atoms with van der Waals surface area (Å²) in [6, 6.07) is 15.6. The summed E-state index contributed by atoms with van der Waals surface area (Å²) in [6.45, 7) is 2.75. The van der Waals surface area contributed by atoms with Gasteiger partial charge in [0.25, 0.3) is 5.91 Å². The molecule has 1 N–H and O–H groups in total. The van der Waals surface area contributed by atoms with Crippen molar-refractivity contribution in [3.63, 3.8) is 0 Å². The van der Waals surface area contributed by atoms with E-state index in [-0.39, 0.29) is 5.91 Å². The standard InChI is InChI=1S/C18H20ClNOS2/c1-2-23-17-9-4-3-8-16(17)18(21)20-10-11-22-13-14-6-5-7-15(19)12-14/h3-9,12H,2,10-11,13H2,1H3,(H,20,21). The molecule has 2 aromatic rings. The minimum Gasteiger partial charge on any atom is -0.351 e. The van der Waals surface area contributed by atoms with E-state index in [1.165, 1.54) is 5.56 Å². The van der Waals surface area contributed by atoms with Crippen molar-refractivity contribution in [2.45, 2.75) is 17.6 Å². The Kier molecular flexibility index (Phi) is 7.86. The number of amides is 1. The average Bonchev–Trinajstić information content (AvgIpc) is 2.55. The van der Waals surface area contributed by atoms with Crippen molar-refractivity contribution in [2.75, 3.05) is 18.1 Å². The molecule has 0 radical (unpaired) electrons. The summed E-state index contributed by atoms with van der Waals surface area (Å²) < 4.78 is 0. The van der Waals surface area contributed by atoms with Gasteiger partial charge in [0.1, 0.15) is 0 Å². The van der Waals surface area contributed by atoms with Crippen molar-refractivity contribution in [1.82, 2.24) is 5.32 Å². The van der Waals surface area contributed by atoms with Gasteiger partial charge >= 0.3 is 0 Å². The van der Waals surface area contributed by atoms with Crippen LogP contribution in [0.3, 0.4) is 0 Å². The van der Waals surface area contributed by atoms with Crippen LogP contribution < -0.4 is 5.32 Å². The topological polar surface area (TPSA) is 29.1 Å². The largest absolute Gasteiger partial charge is 0.351 e. The Hall–Kier alpha value is -1.10. The molecular formula is C18H20ClNOS2. The van der Waals surface area contributed by atoms with Crippen LogP contribution in [0, 0.1) is 0 Å². The summed E-state index contributed by atoms with van der Waals surface area (Å²) in [5.41, 5.74) is 1.97. The first-order valence-corrected chi connectivity index (χ1v) is 10.0. The van der Waals surface area contributed by atoms with Crippen molar-refractivity contribution < 1.29 is 4.79 Å². The molecule has 0 spiro atoms. The smallest absolute Gasteiger partial charge is 0.252 e. The maximum atomic E-state index is 12.3. The molecule has 23 heavy (non-hydrogen) atoms. The Bertz CT molecular complexity index is 648. The molecule has 0 aliphatic heterocycles. The number of thioether (sulfide) groups is 2. The number of carbonyl (C=O) groups excluding carboxylic acids is 1. The first-order chi connectivity index (χ1) is 11.2. The lowest BCUT2D eigenvalue weighted by Crippen LogP contribution is -2.26. The van der Waals surface area contributed by atoms with Crippen LogP contribution in [0.2, 0.25) is 5.02 Å². The molecule has 0 atom stereocenters. The van der Waals surface area contributed by atoms with Gasteiger partial charge in [-0.05, 0) is 35.6 Å². The monoisotopic (exact) mass is 365 g/mol. The summed E-state index contributed by atoms with van der Waals surface area (Å²) in [6.07, 6.45) is 0. The van der Waals surface area contributed by atoms with E-state index in [2.05, 4.69) is 18.3 Å². The fraction of sp³-hybridized carbons (Fsp3) is 0.278. The third-order valence-corrected chi connectivity index (χ3v) is 5.34. The highest BCUT2D eigenvalue weighted by Gasteiger charge is 2.09. The van der Waals surface area contributed by atoms with E-state index >= 15 is 0 Å². The van der Waals surface area contributed by atoms with Crippen LogP contribution >= 0.6 is 35.1 Å². The third-order valence-electron chi connectivity index (χ3n) is 3.12. The minimum atomic E-state index is 0.00454. The van der Waals surface area contributed by atoms with E-state index in [1.54, 1.807) is 23.5 Å². The fourth-order valence-corrected chi connectivity index (χ4v) is 3.91. The molecule has 2 rings (SSSR count). The molecule has 0 aromatic heterocycles. The molecule has 5 heteroatoms. The summed E-state index contributed by atoms with van der Waals surface area (Å²) >= 11 is 9.45. The molecule has 0 aliphatic rings. The Balaban J connectivity index is 1.75. The van der Waals surface area contributed by atoms with Gasteiger partial charge in [-0.1, -0.05) is 42.8 Å². The van der Waals surface area contributed by atoms with Crippen molar-refractivity contribution >= 4 is 41.0 Å². The van der Waals surface area contributed by atoms with Gasteiger partial charge in [-0.25, -0.2) is 0 Å². The summed E-state index contributed by atoms with van der Waals surface area (Å²) in [7, 11) is 0. The lowest BCUT2D eigenvalue weighted by Gasteiger charge is -2.09. The van der Waals surface area contributed by atoms with Crippen molar-refractivity contribution in [1.29, 1.82) is 0 Å². The summed E-state index contributed by atoms with van der Waals surface area (Å²) in [5.74, 6) is 2.74. The zero-order valence-electron chi connectivity index (χ0n) is 13.0. The molecule has 0 saturated heterocycles. The predicted octanol–water partition coefficient (Wildman–Crippen LogP) is 5.12. The average molecular weight is 366 g/mol. The molecule has 1 amide bonds. The highest BCUT2D eigenvalue weighted by atomic mass is 35.5. The predicted molar refractivity (Wildman–Crippen MR) is 103 cm³/mol. The minimum absolute atomic E-state index is 0.00454. The quantitative estimate of drug-likeness (QED) is 0.520. The summed E-state index contributed by atoms with van der Waals surface area (Å²) in [5, 5.41) is 3.76. The second-order valence-electron chi connectivity index (χ2n) is 4.87. The Labute approximate surface area is 151 Å². The third kappa shape index (κ3) is 6.13. The van der Waals surface area contributed by atoms with Gasteiger partial charge in [-0.2, -0.15) is 11.8 Å². The number of hydrogen-bond acceptors (Lipinski definition) is 3. The second-order valence-corrected chi connectivity index (χ2v) is 7.72. The number of halogens is 1. The van der Waals surface area contributed by atoms with Gasteiger partial charge in [0, 0.05) is 28.0 Å². The van der Waals surface area contributed by atoms with Gasteiger partial charge in [0.2, 0.25) is 0 Å². The molecule has 0 heterocycles. The number of carbonyl (C=O) groups is 1. The van der Waals surface area contributed by atoms with Crippen LogP contribution in [0.5, 0.6) is 0 Å². The molecule has 0 aliphatic carbocycles.